The summed E-state index contributed by atoms with van der Waals surface area (Å²) in [7, 11) is 1.71. The second kappa shape index (κ2) is 12.1. The van der Waals surface area contributed by atoms with Crippen LogP contribution in [0.25, 0.3) is 0 Å². The molecule has 3 N–H and O–H groups in total. The average Bonchev–Trinajstić information content (AvgIpc) is 2.95. The molecule has 2 aliphatic heterocycles. The van der Waals surface area contributed by atoms with Gasteiger partial charge in [0.1, 0.15) is 11.5 Å². The quantitative estimate of drug-likeness (QED) is 0.345. The predicted octanol–water partition coefficient (Wildman–Crippen LogP) is 4.25. The number of hydrogen-bond donors (Lipinski definition) is 3. The lowest BCUT2D eigenvalue weighted by Gasteiger charge is -2.48. The molecular formula is C30H35BrN6O5. The summed E-state index contributed by atoms with van der Waals surface area (Å²) in [6.45, 7) is 7.84. The first-order valence-corrected chi connectivity index (χ1v) is 14.8. The SMILES string of the molecule is C[C@@H]1C[C@@H](N2CCN(c3ccc(Nc4cc(Br)cn(C)c4=O)nc3)[C@@H](C)C2)CCN1c1ccc(C(=O)O)c(C(=O)O)c1. The van der Waals surface area contributed by atoms with Gasteiger partial charge in [0.15, 0.2) is 0 Å². The van der Waals surface area contributed by atoms with Crippen LogP contribution in [-0.2, 0) is 7.05 Å². The maximum Gasteiger partial charge on any atom is 0.336 e. The summed E-state index contributed by atoms with van der Waals surface area (Å²) in [6.07, 6.45) is 5.44. The molecule has 0 aliphatic carbocycles. The minimum absolute atomic E-state index is 0.130. The lowest BCUT2D eigenvalue weighted by Crippen LogP contribution is -2.58. The number of piperidine rings is 1. The van der Waals surface area contributed by atoms with Gasteiger partial charge in [-0.25, -0.2) is 14.6 Å². The van der Waals surface area contributed by atoms with Gasteiger partial charge in [0.25, 0.3) is 5.56 Å². The summed E-state index contributed by atoms with van der Waals surface area (Å²) in [6, 6.07) is 11.1. The van der Waals surface area contributed by atoms with E-state index in [9.17, 15) is 24.6 Å². The fourth-order valence-corrected chi connectivity index (χ4v) is 6.70. The Labute approximate surface area is 252 Å². The van der Waals surface area contributed by atoms with Gasteiger partial charge >= 0.3 is 11.9 Å². The fraction of sp³-hybridized carbons (Fsp3) is 0.400. The van der Waals surface area contributed by atoms with Crippen molar-refractivity contribution in [3.8, 4) is 0 Å². The van der Waals surface area contributed by atoms with E-state index >= 15 is 0 Å². The van der Waals surface area contributed by atoms with Crippen LogP contribution in [0.5, 0.6) is 0 Å². The number of rotatable bonds is 7. The first kappa shape index (κ1) is 29.6. The van der Waals surface area contributed by atoms with Crippen molar-refractivity contribution >= 4 is 50.7 Å². The summed E-state index contributed by atoms with van der Waals surface area (Å²) >= 11 is 3.42. The van der Waals surface area contributed by atoms with Gasteiger partial charge in [0, 0.05) is 67.7 Å². The lowest BCUT2D eigenvalue weighted by atomic mass is 9.94. The molecule has 0 saturated carbocycles. The van der Waals surface area contributed by atoms with E-state index in [4.69, 9.17) is 0 Å². The number of aromatic carboxylic acids is 2. The molecule has 2 saturated heterocycles. The van der Waals surface area contributed by atoms with Crippen molar-refractivity contribution in [2.45, 2.75) is 44.8 Å². The minimum atomic E-state index is -1.24. The van der Waals surface area contributed by atoms with Crippen molar-refractivity contribution in [2.24, 2.45) is 7.05 Å². The maximum atomic E-state index is 12.4. The maximum absolute atomic E-state index is 12.4. The number of aromatic nitrogens is 2. The Balaban J connectivity index is 1.19. The van der Waals surface area contributed by atoms with Crippen LogP contribution in [0.3, 0.4) is 0 Å². The first-order chi connectivity index (χ1) is 20.0. The molecule has 3 atom stereocenters. The number of benzene rings is 1. The fourth-order valence-electron chi connectivity index (χ4n) is 6.17. The summed E-state index contributed by atoms with van der Waals surface area (Å²) in [5.41, 5.74) is 1.72. The van der Waals surface area contributed by atoms with Crippen LogP contribution < -0.4 is 20.7 Å². The second-order valence-electron chi connectivity index (χ2n) is 11.1. The number of halogens is 1. The standard InChI is InChI=1S/C30H35BrN6O5/c1-18-12-21(8-9-36(18)22-4-6-24(29(39)40)25(14-22)30(41)42)35-10-11-37(19(2)16-35)23-5-7-27(32-15-23)33-26-13-20(31)17-34(3)28(26)38/h4-7,13-15,17-19,21H,8-12,16H2,1-3H3,(H,32,33)(H,39,40)(H,41,42)/t18-,19+,21+/m1/s1. The molecule has 1 aromatic carbocycles. The number of anilines is 4. The number of nitrogens with one attached hydrogen (secondary N) is 1. The predicted molar refractivity (Wildman–Crippen MR) is 165 cm³/mol. The van der Waals surface area contributed by atoms with E-state index < -0.39 is 11.9 Å². The molecule has 2 aliphatic rings. The Kier molecular flexibility index (Phi) is 8.55. The highest BCUT2D eigenvalue weighted by atomic mass is 79.9. The number of piperazine rings is 1. The summed E-state index contributed by atoms with van der Waals surface area (Å²) in [5, 5.41) is 22.0. The zero-order valence-electron chi connectivity index (χ0n) is 23.8. The number of carboxylic acids is 2. The number of pyridine rings is 2. The summed E-state index contributed by atoms with van der Waals surface area (Å²) in [4.78, 5) is 47.2. The third kappa shape index (κ3) is 6.14. The van der Waals surface area contributed by atoms with Gasteiger partial charge in [-0.05, 0) is 79.0 Å². The van der Waals surface area contributed by atoms with Crippen molar-refractivity contribution in [1.29, 1.82) is 0 Å². The van der Waals surface area contributed by atoms with Crippen LogP contribution in [-0.4, -0.2) is 80.9 Å². The Bertz CT molecular complexity index is 1540. The second-order valence-corrected chi connectivity index (χ2v) is 12.0. The Morgan fingerprint density at radius 2 is 1.67 bits per heavy atom. The van der Waals surface area contributed by atoms with E-state index in [1.54, 1.807) is 25.4 Å². The molecule has 11 nitrogen and oxygen atoms in total. The summed E-state index contributed by atoms with van der Waals surface area (Å²) in [5.74, 6) is -1.87. The monoisotopic (exact) mass is 638 g/mol. The largest absolute Gasteiger partial charge is 0.478 e. The van der Waals surface area contributed by atoms with Crippen molar-refractivity contribution in [3.63, 3.8) is 0 Å². The molecule has 5 rings (SSSR count). The molecule has 12 heteroatoms. The topological polar surface area (TPSA) is 131 Å². The van der Waals surface area contributed by atoms with E-state index in [0.29, 0.717) is 17.5 Å². The smallest absolute Gasteiger partial charge is 0.336 e. The zero-order valence-corrected chi connectivity index (χ0v) is 25.4. The molecule has 3 aromatic rings. The van der Waals surface area contributed by atoms with Crippen LogP contribution in [0, 0.1) is 0 Å². The number of hydrogen-bond acceptors (Lipinski definition) is 8. The van der Waals surface area contributed by atoms with Gasteiger partial charge in [0.2, 0.25) is 0 Å². The minimum Gasteiger partial charge on any atom is -0.478 e. The van der Waals surface area contributed by atoms with Crippen LogP contribution in [0.1, 0.15) is 47.4 Å². The molecular weight excluding hydrogens is 604 g/mol. The molecule has 2 fully saturated rings. The molecule has 0 unspecified atom stereocenters. The molecule has 42 heavy (non-hydrogen) atoms. The molecule has 4 heterocycles. The van der Waals surface area contributed by atoms with Gasteiger partial charge in [-0.1, -0.05) is 0 Å². The van der Waals surface area contributed by atoms with Crippen LogP contribution in [0.15, 0.2) is 58.1 Å². The lowest BCUT2D eigenvalue weighted by molar-refractivity contribution is 0.0651. The molecule has 0 bridgehead atoms. The van der Waals surface area contributed by atoms with Gasteiger partial charge in [-0.3, -0.25) is 9.69 Å². The zero-order chi connectivity index (χ0) is 30.1. The van der Waals surface area contributed by atoms with Crippen molar-refractivity contribution < 1.29 is 19.8 Å². The number of carbonyl (C=O) groups is 2. The van der Waals surface area contributed by atoms with Crippen LogP contribution in [0.2, 0.25) is 0 Å². The van der Waals surface area contributed by atoms with E-state index in [0.717, 1.165) is 54.9 Å². The van der Waals surface area contributed by atoms with E-state index in [1.165, 1.54) is 16.7 Å². The summed E-state index contributed by atoms with van der Waals surface area (Å²) < 4.78 is 2.32. The van der Waals surface area contributed by atoms with E-state index in [1.807, 2.05) is 18.3 Å². The van der Waals surface area contributed by atoms with Gasteiger partial charge in [-0.15, -0.1) is 0 Å². The van der Waals surface area contributed by atoms with E-state index in [2.05, 4.69) is 54.8 Å². The molecule has 0 amide bonds. The normalized spacial score (nSPS) is 21.3. The van der Waals surface area contributed by atoms with Crippen LogP contribution in [0.4, 0.5) is 22.9 Å². The average molecular weight is 640 g/mol. The number of nitrogens with zero attached hydrogens (tertiary/aromatic N) is 5. The Hall–Kier alpha value is -3.90. The highest BCUT2D eigenvalue weighted by molar-refractivity contribution is 9.10. The molecule has 0 radical (unpaired) electrons. The van der Waals surface area contributed by atoms with Crippen molar-refractivity contribution in [1.82, 2.24) is 14.5 Å². The molecule has 2 aromatic heterocycles. The third-order valence-electron chi connectivity index (χ3n) is 8.31. The van der Waals surface area contributed by atoms with Crippen molar-refractivity contribution in [2.75, 3.05) is 41.3 Å². The number of aryl methyl sites for hydroxylation is 1. The third-order valence-corrected chi connectivity index (χ3v) is 8.75. The first-order valence-electron chi connectivity index (χ1n) is 14.0. The van der Waals surface area contributed by atoms with E-state index in [-0.39, 0.29) is 28.8 Å². The number of carboxylic acid groups (broad SMARTS) is 2. The highest BCUT2D eigenvalue weighted by Gasteiger charge is 2.34. The van der Waals surface area contributed by atoms with Gasteiger partial charge in [0.05, 0.1) is 23.0 Å². The van der Waals surface area contributed by atoms with Gasteiger partial charge < -0.3 is 29.9 Å². The van der Waals surface area contributed by atoms with Gasteiger partial charge in [-0.2, -0.15) is 0 Å². The Morgan fingerprint density at radius 3 is 2.31 bits per heavy atom. The van der Waals surface area contributed by atoms with Crippen molar-refractivity contribution in [3.05, 3.63) is 74.7 Å². The highest BCUT2D eigenvalue weighted by Crippen LogP contribution is 2.31. The van der Waals surface area contributed by atoms with Crippen LogP contribution >= 0.6 is 15.9 Å². The molecule has 0 spiro atoms. The Morgan fingerprint density at radius 1 is 0.952 bits per heavy atom. The molecule has 222 valence electrons.